The summed E-state index contributed by atoms with van der Waals surface area (Å²) in [7, 11) is 0. The number of nitriles is 1. The van der Waals surface area contributed by atoms with Crippen molar-refractivity contribution in [2.75, 3.05) is 0 Å². The van der Waals surface area contributed by atoms with Crippen LogP contribution in [-0.2, 0) is 0 Å². The average Bonchev–Trinajstić information content (AvgIpc) is 3.04. The van der Waals surface area contributed by atoms with Gasteiger partial charge in [-0.15, -0.1) is 0 Å². The van der Waals surface area contributed by atoms with E-state index >= 15 is 0 Å². The van der Waals surface area contributed by atoms with E-state index in [1.54, 1.807) is 16.7 Å². The lowest BCUT2D eigenvalue weighted by molar-refractivity contribution is 0.234. The predicted octanol–water partition coefficient (Wildman–Crippen LogP) is 7.02. The van der Waals surface area contributed by atoms with Crippen molar-refractivity contribution in [3.8, 4) is 6.07 Å². The molecule has 1 saturated carbocycles. The maximum absolute atomic E-state index is 9.89. The summed E-state index contributed by atoms with van der Waals surface area (Å²) in [6.45, 7) is 2.36. The highest BCUT2D eigenvalue weighted by molar-refractivity contribution is 5.43. The highest BCUT2D eigenvalue weighted by Gasteiger charge is 2.44. The molecule has 1 N–H and O–H groups in total. The molecule has 6 unspecified atom stereocenters. The van der Waals surface area contributed by atoms with E-state index in [9.17, 15) is 5.26 Å². The summed E-state index contributed by atoms with van der Waals surface area (Å²) >= 11 is 0. The van der Waals surface area contributed by atoms with Crippen molar-refractivity contribution >= 4 is 0 Å². The number of nitrogens with one attached hydrogen (secondary N) is 1. The Hall–Kier alpha value is -1.59. The van der Waals surface area contributed by atoms with Crippen LogP contribution in [0.1, 0.15) is 84.0 Å². The Morgan fingerprint density at radius 1 is 0.903 bits per heavy atom. The third-order valence-corrected chi connectivity index (χ3v) is 9.06. The Labute approximate surface area is 189 Å². The molecule has 5 rings (SSSR count). The number of allylic oxidation sites excluding steroid dienone is 5. The molecular weight excluding hydrogens is 376 g/mol. The zero-order valence-corrected chi connectivity index (χ0v) is 19.4. The van der Waals surface area contributed by atoms with Gasteiger partial charge in [0.25, 0.3) is 0 Å². The van der Waals surface area contributed by atoms with Crippen molar-refractivity contribution in [1.82, 2.24) is 5.32 Å². The van der Waals surface area contributed by atoms with Gasteiger partial charge in [0.05, 0.1) is 6.07 Å². The van der Waals surface area contributed by atoms with Crippen LogP contribution >= 0.6 is 0 Å². The highest BCUT2D eigenvalue weighted by Crippen LogP contribution is 2.49. The standard InChI is InChI=1S/C29H40N2/c1-2-20-13-14-25-24(27(17-20)21-9-5-3-6-10-21)15-16-26-28(22-11-7-4-8-12-22)18-23(19-30)31-29(25)26/h3,5,15,17-18,20-23,25-26,29,31H,2,4,6-14,16H2,1H3. The maximum Gasteiger partial charge on any atom is 0.114 e. The zero-order chi connectivity index (χ0) is 21.2. The van der Waals surface area contributed by atoms with E-state index in [0.29, 0.717) is 23.8 Å². The van der Waals surface area contributed by atoms with Crippen LogP contribution in [0.25, 0.3) is 0 Å². The first-order valence-corrected chi connectivity index (χ1v) is 13.2. The van der Waals surface area contributed by atoms with Crippen LogP contribution < -0.4 is 5.32 Å². The van der Waals surface area contributed by atoms with E-state index in [1.165, 1.54) is 77.0 Å². The second-order valence-electron chi connectivity index (χ2n) is 10.8. The summed E-state index contributed by atoms with van der Waals surface area (Å²) in [6.07, 6.45) is 28.0. The average molecular weight is 417 g/mol. The number of hydrogen-bond donors (Lipinski definition) is 1. The van der Waals surface area contributed by atoms with Gasteiger partial charge in [0, 0.05) is 6.04 Å². The normalized spacial score (nSPS) is 38.6. The van der Waals surface area contributed by atoms with Crippen LogP contribution in [0.15, 0.2) is 47.1 Å². The van der Waals surface area contributed by atoms with Gasteiger partial charge in [0.2, 0.25) is 0 Å². The highest BCUT2D eigenvalue weighted by atomic mass is 15.0. The van der Waals surface area contributed by atoms with E-state index in [0.717, 1.165) is 11.8 Å². The molecule has 1 aliphatic heterocycles. The minimum absolute atomic E-state index is 0.104. The molecule has 4 aliphatic carbocycles. The molecule has 6 atom stereocenters. The van der Waals surface area contributed by atoms with Crippen LogP contribution in [-0.4, -0.2) is 12.1 Å². The predicted molar refractivity (Wildman–Crippen MR) is 128 cm³/mol. The summed E-state index contributed by atoms with van der Waals surface area (Å²) in [4.78, 5) is 0. The lowest BCUT2D eigenvalue weighted by Gasteiger charge is -2.46. The van der Waals surface area contributed by atoms with Crippen molar-refractivity contribution in [3.05, 3.63) is 47.1 Å². The number of fused-ring (bicyclic) bond motifs is 3. The molecule has 1 heterocycles. The fourth-order valence-corrected chi connectivity index (χ4v) is 7.39. The molecule has 0 bridgehead atoms. The molecule has 0 saturated heterocycles. The van der Waals surface area contributed by atoms with Crippen LogP contribution in [0, 0.1) is 40.9 Å². The minimum Gasteiger partial charge on any atom is -0.295 e. The first kappa shape index (κ1) is 21.3. The van der Waals surface area contributed by atoms with Crippen molar-refractivity contribution in [3.63, 3.8) is 0 Å². The summed E-state index contributed by atoms with van der Waals surface area (Å²) in [5.74, 6) is 3.32. The summed E-state index contributed by atoms with van der Waals surface area (Å²) in [5.41, 5.74) is 4.99. The van der Waals surface area contributed by atoms with Gasteiger partial charge in [-0.25, -0.2) is 0 Å². The molecule has 5 aliphatic rings. The van der Waals surface area contributed by atoms with Gasteiger partial charge in [0.15, 0.2) is 0 Å². The van der Waals surface area contributed by atoms with Gasteiger partial charge >= 0.3 is 0 Å². The van der Waals surface area contributed by atoms with Crippen molar-refractivity contribution < 1.29 is 0 Å². The first-order chi connectivity index (χ1) is 15.3. The molecule has 166 valence electrons. The fourth-order valence-electron chi connectivity index (χ4n) is 7.39. The van der Waals surface area contributed by atoms with E-state index < -0.39 is 0 Å². The molecule has 2 nitrogen and oxygen atoms in total. The third-order valence-electron chi connectivity index (χ3n) is 9.06. The molecule has 0 spiro atoms. The quantitative estimate of drug-likeness (QED) is 0.502. The monoisotopic (exact) mass is 416 g/mol. The second-order valence-corrected chi connectivity index (χ2v) is 10.8. The first-order valence-electron chi connectivity index (χ1n) is 13.2. The number of hydrogen-bond acceptors (Lipinski definition) is 2. The Kier molecular flexibility index (Phi) is 6.51. The topological polar surface area (TPSA) is 35.8 Å². The van der Waals surface area contributed by atoms with E-state index in [2.05, 4.69) is 48.7 Å². The Morgan fingerprint density at radius 2 is 1.77 bits per heavy atom. The number of nitrogens with zero attached hydrogens (tertiary/aromatic N) is 1. The van der Waals surface area contributed by atoms with Gasteiger partial charge in [-0.1, -0.05) is 62.1 Å². The summed E-state index contributed by atoms with van der Waals surface area (Å²) in [6, 6.07) is 2.93. The van der Waals surface area contributed by atoms with Gasteiger partial charge < -0.3 is 0 Å². The molecular formula is C29H40N2. The third kappa shape index (κ3) is 4.23. The van der Waals surface area contributed by atoms with Crippen molar-refractivity contribution in [2.24, 2.45) is 29.6 Å². The zero-order valence-electron chi connectivity index (χ0n) is 19.4. The Balaban J connectivity index is 1.48. The largest absolute Gasteiger partial charge is 0.295 e. The number of rotatable bonds is 3. The molecule has 0 amide bonds. The van der Waals surface area contributed by atoms with Gasteiger partial charge in [0.1, 0.15) is 6.04 Å². The van der Waals surface area contributed by atoms with Crippen molar-refractivity contribution in [2.45, 2.75) is 96.1 Å². The van der Waals surface area contributed by atoms with Crippen LogP contribution in [0.2, 0.25) is 0 Å². The smallest absolute Gasteiger partial charge is 0.114 e. The maximum atomic E-state index is 9.89. The Bertz CT molecular complexity index is 816. The van der Waals surface area contributed by atoms with Gasteiger partial charge in [-0.05, 0) is 98.5 Å². The Morgan fingerprint density at radius 3 is 2.52 bits per heavy atom. The van der Waals surface area contributed by atoms with E-state index in [4.69, 9.17) is 0 Å². The van der Waals surface area contributed by atoms with E-state index in [1.807, 2.05) is 0 Å². The van der Waals surface area contributed by atoms with E-state index in [-0.39, 0.29) is 6.04 Å². The molecule has 1 fully saturated rings. The molecule has 31 heavy (non-hydrogen) atoms. The lowest BCUT2D eigenvalue weighted by atomic mass is 9.64. The molecule has 0 aromatic heterocycles. The van der Waals surface area contributed by atoms with Gasteiger partial charge in [-0.3, -0.25) is 5.32 Å². The molecule has 0 aromatic carbocycles. The molecule has 0 aromatic rings. The SMILES string of the molecule is CCC1C=C(C2CC=CCC2)C2=CCC3C(C4CCCCC4)=CC(C#N)NC3C2CC1. The summed E-state index contributed by atoms with van der Waals surface area (Å²) < 4.78 is 0. The van der Waals surface area contributed by atoms with Crippen LogP contribution in [0.5, 0.6) is 0 Å². The fraction of sp³-hybridized carbons (Fsp3) is 0.690. The van der Waals surface area contributed by atoms with Crippen LogP contribution in [0.3, 0.4) is 0 Å². The second kappa shape index (κ2) is 9.50. The molecule has 2 heteroatoms. The van der Waals surface area contributed by atoms with Gasteiger partial charge in [-0.2, -0.15) is 5.26 Å². The molecule has 0 radical (unpaired) electrons. The lowest BCUT2D eigenvalue weighted by Crippen LogP contribution is -2.53. The minimum atomic E-state index is -0.104. The van der Waals surface area contributed by atoms with Crippen molar-refractivity contribution in [1.29, 1.82) is 5.26 Å². The summed E-state index contributed by atoms with van der Waals surface area (Å²) in [5, 5.41) is 13.7. The van der Waals surface area contributed by atoms with Crippen LogP contribution in [0.4, 0.5) is 0 Å².